The summed E-state index contributed by atoms with van der Waals surface area (Å²) in [7, 11) is 1.55. The van der Waals surface area contributed by atoms with Crippen molar-refractivity contribution < 1.29 is 14.3 Å². The summed E-state index contributed by atoms with van der Waals surface area (Å²) in [5.41, 5.74) is -0.187. The van der Waals surface area contributed by atoms with Gasteiger partial charge in [-0.15, -0.1) is 0 Å². The molecule has 0 saturated carbocycles. The average molecular weight is 328 g/mol. The van der Waals surface area contributed by atoms with Gasteiger partial charge < -0.3 is 14.8 Å². The van der Waals surface area contributed by atoms with Gasteiger partial charge in [-0.3, -0.25) is 4.79 Å². The van der Waals surface area contributed by atoms with Gasteiger partial charge in [0.15, 0.2) is 0 Å². The largest absolute Gasteiger partial charge is 0.495 e. The van der Waals surface area contributed by atoms with Crippen molar-refractivity contribution in [2.75, 3.05) is 19.0 Å². The van der Waals surface area contributed by atoms with Gasteiger partial charge in [0, 0.05) is 12.3 Å². The van der Waals surface area contributed by atoms with E-state index in [0.717, 1.165) is 19.3 Å². The molecule has 0 fully saturated rings. The van der Waals surface area contributed by atoms with Crippen LogP contribution in [0.15, 0.2) is 18.2 Å². The van der Waals surface area contributed by atoms with Crippen LogP contribution in [0.3, 0.4) is 0 Å². The molecule has 1 rings (SSSR count). The van der Waals surface area contributed by atoms with E-state index >= 15 is 0 Å². The second-order valence-electron chi connectivity index (χ2n) is 5.42. The normalized spacial score (nSPS) is 13.5. The highest BCUT2D eigenvalue weighted by Crippen LogP contribution is 2.28. The van der Waals surface area contributed by atoms with Gasteiger partial charge in [0.1, 0.15) is 11.4 Å². The number of nitrogens with one attached hydrogen (secondary N) is 1. The van der Waals surface area contributed by atoms with Crippen LogP contribution in [0.1, 0.15) is 46.5 Å². The molecule has 0 aromatic heterocycles. The van der Waals surface area contributed by atoms with Crippen molar-refractivity contribution in [3.8, 4) is 5.75 Å². The summed E-state index contributed by atoms with van der Waals surface area (Å²) in [5, 5.41) is 3.34. The first-order valence-electron chi connectivity index (χ1n) is 7.75. The Bertz CT molecular complexity index is 493. The number of methoxy groups -OCH3 is 1. The zero-order chi connectivity index (χ0) is 16.6. The highest BCUT2D eigenvalue weighted by atomic mass is 35.5. The van der Waals surface area contributed by atoms with Crippen molar-refractivity contribution in [3.05, 3.63) is 23.2 Å². The average Bonchev–Trinajstić information content (AvgIpc) is 2.48. The van der Waals surface area contributed by atoms with Gasteiger partial charge in [0.05, 0.1) is 12.1 Å². The minimum absolute atomic E-state index is 0.147. The number of halogens is 1. The van der Waals surface area contributed by atoms with Crippen LogP contribution in [0.4, 0.5) is 5.69 Å². The minimum atomic E-state index is -0.823. The number of amides is 1. The summed E-state index contributed by atoms with van der Waals surface area (Å²) in [4.78, 5) is 12.6. The Morgan fingerprint density at radius 2 is 2.05 bits per heavy atom. The highest BCUT2D eigenvalue weighted by molar-refractivity contribution is 6.32. The Hall–Kier alpha value is -1.26. The van der Waals surface area contributed by atoms with Gasteiger partial charge in [-0.05, 0) is 38.5 Å². The zero-order valence-corrected chi connectivity index (χ0v) is 14.6. The molecule has 4 nitrogen and oxygen atoms in total. The van der Waals surface area contributed by atoms with Crippen molar-refractivity contribution >= 4 is 23.2 Å². The highest BCUT2D eigenvalue weighted by Gasteiger charge is 2.33. The van der Waals surface area contributed by atoms with Crippen molar-refractivity contribution in [2.24, 2.45) is 0 Å². The number of carbonyl (C=O) groups is 1. The molecule has 1 N–H and O–H groups in total. The van der Waals surface area contributed by atoms with Crippen molar-refractivity contribution in [3.63, 3.8) is 0 Å². The standard InChI is InChI=1S/C17H26ClNO3/c1-5-7-8-11-17(3,22-6-2)16(20)19-13-9-10-15(21-4)14(18)12-13/h9-10,12H,5-8,11H2,1-4H3,(H,19,20)/t17-/m1/s1. The van der Waals surface area contributed by atoms with Crippen LogP contribution < -0.4 is 10.1 Å². The zero-order valence-electron chi connectivity index (χ0n) is 13.9. The molecule has 1 aromatic carbocycles. The maximum Gasteiger partial charge on any atom is 0.256 e. The van der Waals surface area contributed by atoms with E-state index in [9.17, 15) is 4.79 Å². The van der Waals surface area contributed by atoms with Gasteiger partial charge in [0.2, 0.25) is 0 Å². The summed E-state index contributed by atoms with van der Waals surface area (Å²) in [5.74, 6) is 0.432. The fraction of sp³-hybridized carbons (Fsp3) is 0.588. The number of ether oxygens (including phenoxy) is 2. The number of anilines is 1. The quantitative estimate of drug-likeness (QED) is 0.671. The van der Waals surface area contributed by atoms with E-state index in [0.29, 0.717) is 29.5 Å². The lowest BCUT2D eigenvalue weighted by molar-refractivity contribution is -0.139. The van der Waals surface area contributed by atoms with Gasteiger partial charge >= 0.3 is 0 Å². The molecule has 0 unspecified atom stereocenters. The Morgan fingerprint density at radius 1 is 1.32 bits per heavy atom. The number of hydrogen-bond acceptors (Lipinski definition) is 3. The number of rotatable bonds is 9. The topological polar surface area (TPSA) is 47.6 Å². The molecular weight excluding hydrogens is 302 g/mol. The van der Waals surface area contributed by atoms with Gasteiger partial charge in [-0.2, -0.15) is 0 Å². The fourth-order valence-electron chi connectivity index (χ4n) is 2.29. The first kappa shape index (κ1) is 18.8. The van der Waals surface area contributed by atoms with Crippen LogP contribution in [0.5, 0.6) is 5.75 Å². The van der Waals surface area contributed by atoms with Gasteiger partial charge in [-0.1, -0.05) is 37.8 Å². The molecule has 124 valence electrons. The van der Waals surface area contributed by atoms with E-state index in [4.69, 9.17) is 21.1 Å². The third kappa shape index (κ3) is 5.18. The van der Waals surface area contributed by atoms with Gasteiger partial charge in [-0.25, -0.2) is 0 Å². The van der Waals surface area contributed by atoms with E-state index in [1.807, 2.05) is 13.8 Å². The molecule has 0 radical (unpaired) electrons. The molecule has 0 aliphatic heterocycles. The molecule has 1 aromatic rings. The van der Waals surface area contributed by atoms with Crippen LogP contribution in [-0.2, 0) is 9.53 Å². The Kier molecular flexibility index (Phi) is 7.69. The SMILES string of the molecule is CCCCC[C@@](C)(OCC)C(=O)Nc1ccc(OC)c(Cl)c1. The number of carbonyl (C=O) groups excluding carboxylic acids is 1. The van der Waals surface area contributed by atoms with Crippen LogP contribution in [0.2, 0.25) is 5.02 Å². The van der Waals surface area contributed by atoms with Crippen LogP contribution in [-0.4, -0.2) is 25.2 Å². The molecule has 0 aliphatic carbocycles. The fourth-order valence-corrected chi connectivity index (χ4v) is 2.55. The van der Waals surface area contributed by atoms with Gasteiger partial charge in [0.25, 0.3) is 5.91 Å². The van der Waals surface area contributed by atoms with Crippen molar-refractivity contribution in [2.45, 2.75) is 52.1 Å². The first-order chi connectivity index (χ1) is 10.5. The van der Waals surface area contributed by atoms with E-state index < -0.39 is 5.60 Å². The molecule has 1 atom stereocenters. The van der Waals surface area contributed by atoms with Crippen LogP contribution in [0, 0.1) is 0 Å². The third-order valence-corrected chi connectivity index (χ3v) is 3.91. The predicted molar refractivity (Wildman–Crippen MR) is 90.8 cm³/mol. The van der Waals surface area contributed by atoms with E-state index in [1.54, 1.807) is 25.3 Å². The molecule has 0 saturated heterocycles. The number of unbranched alkanes of at least 4 members (excludes halogenated alkanes) is 2. The number of hydrogen-bond donors (Lipinski definition) is 1. The second-order valence-corrected chi connectivity index (χ2v) is 5.83. The van der Waals surface area contributed by atoms with E-state index in [1.165, 1.54) is 0 Å². The Morgan fingerprint density at radius 3 is 2.59 bits per heavy atom. The molecule has 0 heterocycles. The molecular formula is C17H26ClNO3. The smallest absolute Gasteiger partial charge is 0.256 e. The first-order valence-corrected chi connectivity index (χ1v) is 8.13. The lowest BCUT2D eigenvalue weighted by Gasteiger charge is -2.28. The van der Waals surface area contributed by atoms with E-state index in [-0.39, 0.29) is 5.91 Å². The molecule has 0 aliphatic rings. The molecule has 0 bridgehead atoms. The van der Waals surface area contributed by atoms with E-state index in [2.05, 4.69) is 12.2 Å². The molecule has 0 spiro atoms. The lowest BCUT2D eigenvalue weighted by atomic mass is 9.96. The maximum absolute atomic E-state index is 12.6. The van der Waals surface area contributed by atoms with Crippen LogP contribution >= 0.6 is 11.6 Å². The predicted octanol–water partition coefficient (Wildman–Crippen LogP) is 4.66. The van der Waals surface area contributed by atoms with Crippen LogP contribution in [0.25, 0.3) is 0 Å². The van der Waals surface area contributed by atoms with Crippen molar-refractivity contribution in [1.29, 1.82) is 0 Å². The monoisotopic (exact) mass is 327 g/mol. The second kappa shape index (κ2) is 9.01. The summed E-state index contributed by atoms with van der Waals surface area (Å²) in [6, 6.07) is 5.17. The molecule has 22 heavy (non-hydrogen) atoms. The number of benzene rings is 1. The lowest BCUT2D eigenvalue weighted by Crippen LogP contribution is -2.42. The summed E-state index contributed by atoms with van der Waals surface area (Å²) >= 11 is 6.08. The third-order valence-electron chi connectivity index (χ3n) is 3.61. The minimum Gasteiger partial charge on any atom is -0.495 e. The molecule has 5 heteroatoms. The maximum atomic E-state index is 12.6. The molecule has 1 amide bonds. The Labute approximate surface area is 138 Å². The van der Waals surface area contributed by atoms with Crippen molar-refractivity contribution in [1.82, 2.24) is 0 Å². The summed E-state index contributed by atoms with van der Waals surface area (Å²) in [6.45, 7) is 6.37. The Balaban J connectivity index is 2.79. The summed E-state index contributed by atoms with van der Waals surface area (Å²) < 4.78 is 10.8. The summed E-state index contributed by atoms with van der Waals surface area (Å²) in [6.07, 6.45) is 3.86.